The molecule has 2 N–H and O–H groups in total. The van der Waals surface area contributed by atoms with Crippen LogP contribution in [0.1, 0.15) is 39.5 Å². The molecule has 0 radical (unpaired) electrons. The Morgan fingerprint density at radius 3 is 2.16 bits per heavy atom. The van der Waals surface area contributed by atoms with Crippen molar-refractivity contribution in [1.29, 1.82) is 0 Å². The van der Waals surface area contributed by atoms with E-state index in [1.54, 1.807) is 6.92 Å². The maximum absolute atomic E-state index is 11.4. The van der Waals surface area contributed by atoms with Crippen LogP contribution in [-0.4, -0.2) is 52.4 Å². The molecule has 0 aromatic carbocycles. The van der Waals surface area contributed by atoms with Crippen molar-refractivity contribution in [1.82, 2.24) is 9.80 Å². The van der Waals surface area contributed by atoms with Crippen LogP contribution in [0.25, 0.3) is 0 Å². The summed E-state index contributed by atoms with van der Waals surface area (Å²) in [6, 6.07) is 0. The number of thiocarbonyl (C=S) groups is 1. The molecule has 2 fully saturated rings. The van der Waals surface area contributed by atoms with E-state index >= 15 is 0 Å². The smallest absolute Gasteiger partial charge is 0.219 e. The summed E-state index contributed by atoms with van der Waals surface area (Å²) >= 11 is 5.38. The Kier molecular flexibility index (Phi) is 4.46. The van der Waals surface area contributed by atoms with Crippen LogP contribution in [0.5, 0.6) is 0 Å². The van der Waals surface area contributed by atoms with Crippen molar-refractivity contribution in [3.05, 3.63) is 0 Å². The van der Waals surface area contributed by atoms with Crippen molar-refractivity contribution in [2.45, 2.75) is 45.1 Å². The zero-order valence-corrected chi connectivity index (χ0v) is 12.8. The molecule has 1 saturated heterocycles. The van der Waals surface area contributed by atoms with Gasteiger partial charge in [0.15, 0.2) is 0 Å². The molecule has 0 bridgehead atoms. The first-order valence-electron chi connectivity index (χ1n) is 7.26. The maximum Gasteiger partial charge on any atom is 0.219 e. The molecule has 0 aromatic heterocycles. The zero-order chi connectivity index (χ0) is 14.0. The fraction of sp³-hybridized carbons (Fsp3) is 0.857. The Labute approximate surface area is 121 Å². The van der Waals surface area contributed by atoms with E-state index in [4.69, 9.17) is 18.0 Å². The third-order valence-electron chi connectivity index (χ3n) is 4.89. The standard InChI is InChI=1S/C14H25N3OS/c1-11-3-5-14(6-4-11,13(15)19)17-9-7-16(8-10-17)12(2)18/h11H,3-10H2,1-2H3,(H2,15,19). The lowest BCUT2D eigenvalue weighted by molar-refractivity contribution is -0.131. The lowest BCUT2D eigenvalue weighted by Gasteiger charge is -2.50. The molecule has 0 spiro atoms. The van der Waals surface area contributed by atoms with Crippen LogP contribution in [0.3, 0.4) is 0 Å². The lowest BCUT2D eigenvalue weighted by atomic mass is 9.75. The fourth-order valence-electron chi connectivity index (χ4n) is 3.41. The molecule has 0 aromatic rings. The summed E-state index contributed by atoms with van der Waals surface area (Å²) in [5.41, 5.74) is 5.99. The Morgan fingerprint density at radius 1 is 1.21 bits per heavy atom. The first-order valence-corrected chi connectivity index (χ1v) is 7.67. The van der Waals surface area contributed by atoms with E-state index < -0.39 is 0 Å². The topological polar surface area (TPSA) is 49.6 Å². The van der Waals surface area contributed by atoms with Crippen molar-refractivity contribution in [3.63, 3.8) is 0 Å². The van der Waals surface area contributed by atoms with Gasteiger partial charge in [-0.25, -0.2) is 0 Å². The van der Waals surface area contributed by atoms with Gasteiger partial charge in [-0.15, -0.1) is 0 Å². The number of nitrogens with zero attached hydrogens (tertiary/aromatic N) is 2. The van der Waals surface area contributed by atoms with Crippen molar-refractivity contribution in [3.8, 4) is 0 Å². The number of nitrogens with two attached hydrogens (primary N) is 1. The summed E-state index contributed by atoms with van der Waals surface area (Å²) < 4.78 is 0. The van der Waals surface area contributed by atoms with E-state index in [-0.39, 0.29) is 11.4 Å². The summed E-state index contributed by atoms with van der Waals surface area (Å²) in [5.74, 6) is 0.947. The van der Waals surface area contributed by atoms with E-state index in [0.29, 0.717) is 4.99 Å². The van der Waals surface area contributed by atoms with Gasteiger partial charge < -0.3 is 10.6 Å². The first-order chi connectivity index (χ1) is 8.95. The Hall–Kier alpha value is -0.680. The van der Waals surface area contributed by atoms with E-state index in [1.165, 1.54) is 12.8 Å². The van der Waals surface area contributed by atoms with Gasteiger partial charge in [0, 0.05) is 33.1 Å². The summed E-state index contributed by atoms with van der Waals surface area (Å²) in [6.45, 7) is 7.33. The predicted molar refractivity (Wildman–Crippen MR) is 81.0 cm³/mol. The average molecular weight is 283 g/mol. The van der Waals surface area contributed by atoms with Gasteiger partial charge in [-0.2, -0.15) is 0 Å². The van der Waals surface area contributed by atoms with Gasteiger partial charge in [0.05, 0.1) is 10.5 Å². The SMILES string of the molecule is CC(=O)N1CCN(C2(C(N)=S)CCC(C)CC2)CC1. The minimum atomic E-state index is -0.0925. The molecule has 5 heteroatoms. The minimum absolute atomic E-state index is 0.0925. The van der Waals surface area contributed by atoms with Crippen molar-refractivity contribution >= 4 is 23.1 Å². The number of amides is 1. The Bertz CT molecular complexity index is 356. The molecule has 0 unspecified atom stereocenters. The summed E-state index contributed by atoms with van der Waals surface area (Å²) in [6.07, 6.45) is 4.54. The lowest BCUT2D eigenvalue weighted by Crippen LogP contribution is -2.63. The van der Waals surface area contributed by atoms with E-state index in [1.807, 2.05) is 4.90 Å². The highest BCUT2D eigenvalue weighted by molar-refractivity contribution is 7.80. The Balaban J connectivity index is 2.05. The molecule has 108 valence electrons. The molecular weight excluding hydrogens is 258 g/mol. The molecule has 1 heterocycles. The molecule has 1 aliphatic carbocycles. The number of rotatable bonds is 2. The number of hydrogen-bond donors (Lipinski definition) is 1. The number of carbonyl (C=O) groups is 1. The second kappa shape index (κ2) is 5.75. The van der Waals surface area contributed by atoms with Gasteiger partial charge in [-0.3, -0.25) is 9.69 Å². The molecule has 0 atom stereocenters. The minimum Gasteiger partial charge on any atom is -0.392 e. The number of hydrogen-bond acceptors (Lipinski definition) is 3. The number of piperazine rings is 1. The maximum atomic E-state index is 11.4. The number of carbonyl (C=O) groups excluding carboxylic acids is 1. The van der Waals surface area contributed by atoms with Gasteiger partial charge >= 0.3 is 0 Å². The predicted octanol–water partition coefficient (Wildman–Crippen LogP) is 1.39. The van der Waals surface area contributed by atoms with Crippen LogP contribution in [0.2, 0.25) is 0 Å². The van der Waals surface area contributed by atoms with E-state index in [9.17, 15) is 4.79 Å². The molecule has 19 heavy (non-hydrogen) atoms. The van der Waals surface area contributed by atoms with Crippen molar-refractivity contribution in [2.24, 2.45) is 11.7 Å². The Morgan fingerprint density at radius 2 is 1.74 bits per heavy atom. The fourth-order valence-corrected chi connectivity index (χ4v) is 3.74. The monoisotopic (exact) mass is 283 g/mol. The highest BCUT2D eigenvalue weighted by Gasteiger charge is 2.43. The van der Waals surface area contributed by atoms with E-state index in [0.717, 1.165) is 44.9 Å². The first kappa shape index (κ1) is 14.7. The molecule has 1 amide bonds. The molecule has 2 aliphatic rings. The summed E-state index contributed by atoms with van der Waals surface area (Å²) in [4.78, 5) is 16.4. The second-order valence-corrected chi connectivity index (χ2v) is 6.51. The van der Waals surface area contributed by atoms with Crippen LogP contribution in [-0.2, 0) is 4.79 Å². The van der Waals surface area contributed by atoms with Crippen molar-refractivity contribution in [2.75, 3.05) is 26.2 Å². The van der Waals surface area contributed by atoms with Crippen LogP contribution in [0, 0.1) is 5.92 Å². The molecule has 1 saturated carbocycles. The molecule has 4 nitrogen and oxygen atoms in total. The van der Waals surface area contributed by atoms with Gasteiger partial charge in [-0.1, -0.05) is 19.1 Å². The average Bonchev–Trinajstić information content (AvgIpc) is 2.39. The largest absolute Gasteiger partial charge is 0.392 e. The van der Waals surface area contributed by atoms with Gasteiger partial charge in [0.25, 0.3) is 0 Å². The van der Waals surface area contributed by atoms with Crippen LogP contribution < -0.4 is 5.73 Å². The quantitative estimate of drug-likeness (QED) is 0.778. The summed E-state index contributed by atoms with van der Waals surface area (Å²) in [7, 11) is 0. The highest BCUT2D eigenvalue weighted by Crippen LogP contribution is 2.37. The molecule has 2 rings (SSSR count). The molecule has 1 aliphatic heterocycles. The normalized spacial score (nSPS) is 33.2. The second-order valence-electron chi connectivity index (χ2n) is 6.07. The highest BCUT2D eigenvalue weighted by atomic mass is 32.1. The van der Waals surface area contributed by atoms with Crippen LogP contribution in [0.4, 0.5) is 0 Å². The van der Waals surface area contributed by atoms with Crippen LogP contribution >= 0.6 is 12.2 Å². The third-order valence-corrected chi connectivity index (χ3v) is 5.27. The van der Waals surface area contributed by atoms with Gasteiger partial charge in [-0.05, 0) is 31.6 Å². The van der Waals surface area contributed by atoms with Gasteiger partial charge in [0.2, 0.25) is 5.91 Å². The molecular formula is C14H25N3OS. The van der Waals surface area contributed by atoms with Gasteiger partial charge in [0.1, 0.15) is 0 Å². The van der Waals surface area contributed by atoms with E-state index in [2.05, 4.69) is 11.8 Å². The third kappa shape index (κ3) is 2.92. The summed E-state index contributed by atoms with van der Waals surface area (Å²) in [5, 5.41) is 0. The van der Waals surface area contributed by atoms with Crippen molar-refractivity contribution < 1.29 is 4.79 Å². The zero-order valence-electron chi connectivity index (χ0n) is 12.0. The van der Waals surface area contributed by atoms with Crippen LogP contribution in [0.15, 0.2) is 0 Å².